The van der Waals surface area contributed by atoms with Crippen molar-refractivity contribution in [1.29, 1.82) is 0 Å². The fourth-order valence-corrected chi connectivity index (χ4v) is 3.84. The molecule has 1 fully saturated rings. The topological polar surface area (TPSA) is 52.7 Å². The number of aromatic nitrogens is 4. The average Bonchev–Trinajstić information content (AvgIpc) is 3.24. The molecule has 0 atom stereocenters. The summed E-state index contributed by atoms with van der Waals surface area (Å²) in [7, 11) is 0. The van der Waals surface area contributed by atoms with Crippen LogP contribution in [0.1, 0.15) is 46.5 Å². The molecule has 2 aromatic heterocycles. The van der Waals surface area contributed by atoms with Gasteiger partial charge in [0.25, 0.3) is 0 Å². The molecule has 1 aliphatic rings. The summed E-state index contributed by atoms with van der Waals surface area (Å²) in [6.45, 7) is 10.5. The second kappa shape index (κ2) is 6.35. The monoisotopic (exact) mass is 330 g/mol. The lowest BCUT2D eigenvalue weighted by Gasteiger charge is -2.07. The Labute approximate surface area is 140 Å². The van der Waals surface area contributed by atoms with Gasteiger partial charge in [0.2, 0.25) is 0 Å². The lowest BCUT2D eigenvalue weighted by molar-refractivity contribution is 0.102. The third-order valence-electron chi connectivity index (χ3n) is 4.27. The molecule has 0 aliphatic heterocycles. The lowest BCUT2D eigenvalue weighted by atomic mass is 10.2. The van der Waals surface area contributed by atoms with Crippen LogP contribution in [0.4, 0.5) is 0 Å². The highest BCUT2D eigenvalue weighted by atomic mass is 32.2. The van der Waals surface area contributed by atoms with Gasteiger partial charge in [-0.2, -0.15) is 0 Å². The molecule has 3 rings (SSSR count). The van der Waals surface area contributed by atoms with Crippen molar-refractivity contribution in [2.75, 3.05) is 5.75 Å². The van der Waals surface area contributed by atoms with Gasteiger partial charge in [-0.15, -0.1) is 16.8 Å². The van der Waals surface area contributed by atoms with Gasteiger partial charge in [0.1, 0.15) is 5.82 Å². The van der Waals surface area contributed by atoms with Crippen LogP contribution < -0.4 is 0 Å². The maximum atomic E-state index is 12.6. The van der Waals surface area contributed by atoms with Crippen molar-refractivity contribution in [2.45, 2.75) is 51.4 Å². The molecule has 23 heavy (non-hydrogen) atoms. The molecule has 0 radical (unpaired) electrons. The van der Waals surface area contributed by atoms with Crippen molar-refractivity contribution in [2.24, 2.45) is 0 Å². The predicted molar refractivity (Wildman–Crippen MR) is 92.2 cm³/mol. The highest BCUT2D eigenvalue weighted by Gasteiger charge is 2.28. The van der Waals surface area contributed by atoms with E-state index in [0.29, 0.717) is 11.8 Å². The minimum absolute atomic E-state index is 0.140. The molecule has 2 aromatic rings. The van der Waals surface area contributed by atoms with E-state index in [4.69, 9.17) is 0 Å². The Morgan fingerprint density at radius 1 is 1.39 bits per heavy atom. The molecule has 5 nitrogen and oxygen atoms in total. The number of carbonyl (C=O) groups excluding carboxylic acids is 1. The molecule has 6 heteroatoms. The zero-order valence-corrected chi connectivity index (χ0v) is 14.7. The molecule has 0 aromatic carbocycles. The molecule has 0 N–H and O–H groups in total. The molecule has 2 heterocycles. The molecule has 0 spiro atoms. The first-order valence-electron chi connectivity index (χ1n) is 7.88. The SMILES string of the molecule is C=CCn1c(C)cc(C(=O)CSc2nnc(C)n2C2CC2)c1C. The fraction of sp³-hybridized carbons (Fsp3) is 0.471. The smallest absolute Gasteiger partial charge is 0.191 e. The van der Waals surface area contributed by atoms with Crippen molar-refractivity contribution < 1.29 is 4.79 Å². The predicted octanol–water partition coefficient (Wildman–Crippen LogP) is 3.50. The quantitative estimate of drug-likeness (QED) is 0.443. The van der Waals surface area contributed by atoms with Gasteiger partial charge in [0.15, 0.2) is 10.9 Å². The van der Waals surface area contributed by atoms with E-state index in [9.17, 15) is 4.79 Å². The van der Waals surface area contributed by atoms with Gasteiger partial charge in [-0.25, -0.2) is 0 Å². The summed E-state index contributed by atoms with van der Waals surface area (Å²) in [5.41, 5.74) is 2.90. The zero-order valence-electron chi connectivity index (χ0n) is 13.9. The molecular formula is C17H22N4OS. The van der Waals surface area contributed by atoms with Crippen molar-refractivity contribution in [3.63, 3.8) is 0 Å². The number of Topliss-reactive ketones (excluding diaryl/α,β-unsaturated/α-hetero) is 1. The van der Waals surface area contributed by atoms with Gasteiger partial charge in [0.05, 0.1) is 5.75 Å². The van der Waals surface area contributed by atoms with Gasteiger partial charge >= 0.3 is 0 Å². The fourth-order valence-electron chi connectivity index (χ4n) is 2.90. The van der Waals surface area contributed by atoms with E-state index in [1.807, 2.05) is 32.9 Å². The number of allylic oxidation sites excluding steroid dienone is 1. The van der Waals surface area contributed by atoms with Crippen molar-refractivity contribution in [3.05, 3.63) is 41.5 Å². The summed E-state index contributed by atoms with van der Waals surface area (Å²) >= 11 is 1.49. The standard InChI is InChI=1S/C17H22N4OS/c1-5-8-20-11(2)9-15(12(20)3)16(22)10-23-17-19-18-13(4)21(17)14-6-7-14/h5,9,14H,1,6-8,10H2,2-4H3. The van der Waals surface area contributed by atoms with E-state index in [-0.39, 0.29) is 5.78 Å². The van der Waals surface area contributed by atoms with Crippen molar-refractivity contribution in [1.82, 2.24) is 19.3 Å². The van der Waals surface area contributed by atoms with Crippen LogP contribution in [-0.2, 0) is 6.54 Å². The summed E-state index contributed by atoms with van der Waals surface area (Å²) in [6.07, 6.45) is 4.22. The Bertz CT molecular complexity index is 755. The van der Waals surface area contributed by atoms with Gasteiger partial charge in [-0.05, 0) is 39.7 Å². The van der Waals surface area contributed by atoms with Crippen LogP contribution in [0.3, 0.4) is 0 Å². The molecule has 0 unspecified atom stereocenters. The summed E-state index contributed by atoms with van der Waals surface area (Å²) < 4.78 is 4.28. The maximum Gasteiger partial charge on any atom is 0.191 e. The van der Waals surface area contributed by atoms with Crippen LogP contribution in [0, 0.1) is 20.8 Å². The van der Waals surface area contributed by atoms with E-state index < -0.39 is 0 Å². The van der Waals surface area contributed by atoms with Crippen LogP contribution in [0.25, 0.3) is 0 Å². The lowest BCUT2D eigenvalue weighted by Crippen LogP contribution is -2.07. The molecule has 0 amide bonds. The van der Waals surface area contributed by atoms with Crippen LogP contribution in [0.5, 0.6) is 0 Å². The molecule has 122 valence electrons. The largest absolute Gasteiger partial charge is 0.345 e. The minimum atomic E-state index is 0.140. The summed E-state index contributed by atoms with van der Waals surface area (Å²) in [5.74, 6) is 1.47. The Hall–Kier alpha value is -1.82. The third-order valence-corrected chi connectivity index (χ3v) is 5.21. The second-order valence-corrected chi connectivity index (χ2v) is 6.97. The van der Waals surface area contributed by atoms with E-state index in [2.05, 4.69) is 25.9 Å². The summed E-state index contributed by atoms with van der Waals surface area (Å²) in [4.78, 5) is 12.6. The molecular weight excluding hydrogens is 308 g/mol. The highest BCUT2D eigenvalue weighted by Crippen LogP contribution is 2.38. The number of aryl methyl sites for hydroxylation is 2. The molecule has 0 bridgehead atoms. The number of hydrogen-bond acceptors (Lipinski definition) is 4. The Morgan fingerprint density at radius 3 is 2.78 bits per heavy atom. The van der Waals surface area contributed by atoms with Crippen LogP contribution in [0.2, 0.25) is 0 Å². The summed E-state index contributed by atoms with van der Waals surface area (Å²) in [6, 6.07) is 2.50. The first-order valence-corrected chi connectivity index (χ1v) is 8.86. The maximum absolute atomic E-state index is 12.6. The number of nitrogens with zero attached hydrogens (tertiary/aromatic N) is 4. The van der Waals surface area contributed by atoms with Crippen molar-refractivity contribution in [3.8, 4) is 0 Å². The molecule has 1 aliphatic carbocycles. The first-order chi connectivity index (χ1) is 11.0. The Kier molecular flexibility index (Phi) is 4.43. The number of hydrogen-bond donors (Lipinski definition) is 0. The normalized spacial score (nSPS) is 14.2. The van der Waals surface area contributed by atoms with E-state index in [1.54, 1.807) is 0 Å². The van der Waals surface area contributed by atoms with Crippen LogP contribution in [0.15, 0.2) is 23.9 Å². The van der Waals surface area contributed by atoms with E-state index in [0.717, 1.165) is 34.5 Å². The molecule has 0 saturated heterocycles. The van der Waals surface area contributed by atoms with Gasteiger partial charge in [0, 0.05) is 29.5 Å². The van der Waals surface area contributed by atoms with Gasteiger partial charge < -0.3 is 9.13 Å². The number of ketones is 1. The van der Waals surface area contributed by atoms with Crippen LogP contribution >= 0.6 is 11.8 Å². The van der Waals surface area contributed by atoms with Gasteiger partial charge in [-0.3, -0.25) is 4.79 Å². The average molecular weight is 330 g/mol. The van der Waals surface area contributed by atoms with E-state index in [1.165, 1.54) is 24.6 Å². The zero-order chi connectivity index (χ0) is 16.6. The number of thioether (sulfide) groups is 1. The third kappa shape index (κ3) is 3.13. The highest BCUT2D eigenvalue weighted by molar-refractivity contribution is 7.99. The van der Waals surface area contributed by atoms with Crippen LogP contribution in [-0.4, -0.2) is 30.9 Å². The molecule has 1 saturated carbocycles. The Balaban J connectivity index is 1.73. The number of carbonyl (C=O) groups is 1. The Morgan fingerprint density at radius 2 is 2.13 bits per heavy atom. The summed E-state index contributed by atoms with van der Waals surface area (Å²) in [5, 5.41) is 9.24. The van der Waals surface area contributed by atoms with Gasteiger partial charge in [-0.1, -0.05) is 17.8 Å². The number of rotatable bonds is 7. The first kappa shape index (κ1) is 16.1. The van der Waals surface area contributed by atoms with Crippen molar-refractivity contribution >= 4 is 17.5 Å². The van der Waals surface area contributed by atoms with E-state index >= 15 is 0 Å². The second-order valence-electron chi connectivity index (χ2n) is 6.03. The minimum Gasteiger partial charge on any atom is -0.345 e.